The van der Waals surface area contributed by atoms with Crippen molar-refractivity contribution >= 4 is 0 Å². The molecule has 0 amide bonds. The third-order valence-electron chi connectivity index (χ3n) is 6.62. The Morgan fingerprint density at radius 1 is 0.438 bits per heavy atom. The summed E-state index contributed by atoms with van der Waals surface area (Å²) in [7, 11) is 0. The molecule has 3 nitrogen and oxygen atoms in total. The average Bonchev–Trinajstić information content (AvgIpc) is 2.80. The zero-order chi connectivity index (χ0) is 22.9. The van der Waals surface area contributed by atoms with E-state index in [4.69, 9.17) is 0 Å². The van der Waals surface area contributed by atoms with Crippen LogP contribution in [0.2, 0.25) is 0 Å². The van der Waals surface area contributed by atoms with Crippen molar-refractivity contribution in [2.75, 3.05) is 0 Å². The molecule has 3 heteroatoms. The summed E-state index contributed by atoms with van der Waals surface area (Å²) in [6.07, 6.45) is 0. The maximum Gasteiger partial charge on any atom is 0.115 e. The van der Waals surface area contributed by atoms with Gasteiger partial charge in [0.25, 0.3) is 0 Å². The number of benzene rings is 4. The molecule has 0 aromatic heterocycles. The number of hydrogen-bond acceptors (Lipinski definition) is 3. The smallest absolute Gasteiger partial charge is 0.115 e. The highest BCUT2D eigenvalue weighted by Crippen LogP contribution is 2.45. The van der Waals surface area contributed by atoms with Gasteiger partial charge in [0.1, 0.15) is 17.2 Å². The van der Waals surface area contributed by atoms with E-state index in [1.807, 2.05) is 42.5 Å². The summed E-state index contributed by atoms with van der Waals surface area (Å²) in [4.78, 5) is 0. The highest BCUT2D eigenvalue weighted by atomic mass is 16.3. The second-order valence-electron chi connectivity index (χ2n) is 8.94. The van der Waals surface area contributed by atoms with Crippen molar-refractivity contribution in [2.24, 2.45) is 0 Å². The molecule has 0 atom stereocenters. The quantitative estimate of drug-likeness (QED) is 0.321. The zero-order valence-corrected chi connectivity index (χ0v) is 18.6. The maximum absolute atomic E-state index is 9.90. The van der Waals surface area contributed by atoms with E-state index >= 15 is 0 Å². The van der Waals surface area contributed by atoms with Crippen LogP contribution in [0, 0.1) is 0 Å². The van der Waals surface area contributed by atoms with Crippen molar-refractivity contribution in [3.8, 4) is 17.2 Å². The van der Waals surface area contributed by atoms with Crippen molar-refractivity contribution in [1.82, 2.24) is 0 Å². The van der Waals surface area contributed by atoms with Gasteiger partial charge in [0.15, 0.2) is 0 Å². The van der Waals surface area contributed by atoms with Gasteiger partial charge in [0.05, 0.1) is 0 Å². The van der Waals surface area contributed by atoms with Gasteiger partial charge in [-0.1, -0.05) is 74.5 Å². The van der Waals surface area contributed by atoms with Gasteiger partial charge in [-0.15, -0.1) is 0 Å². The summed E-state index contributed by atoms with van der Waals surface area (Å²) in [5.41, 5.74) is 4.60. The lowest BCUT2D eigenvalue weighted by Gasteiger charge is -2.38. The van der Waals surface area contributed by atoms with Crippen molar-refractivity contribution < 1.29 is 15.3 Å². The van der Waals surface area contributed by atoms with E-state index < -0.39 is 5.41 Å². The largest absolute Gasteiger partial charge is 0.508 e. The summed E-state index contributed by atoms with van der Waals surface area (Å²) in [6.45, 7) is 6.55. The highest BCUT2D eigenvalue weighted by molar-refractivity contribution is 5.56. The molecule has 0 saturated heterocycles. The average molecular weight is 425 g/mol. The third kappa shape index (κ3) is 3.71. The van der Waals surface area contributed by atoms with Crippen LogP contribution in [0.25, 0.3) is 0 Å². The molecule has 0 unspecified atom stereocenters. The Hall–Kier alpha value is -3.72. The summed E-state index contributed by atoms with van der Waals surface area (Å²) in [6, 6.07) is 30.4. The molecule has 0 fully saturated rings. The van der Waals surface area contributed by atoms with E-state index in [1.165, 1.54) is 0 Å². The molecule has 162 valence electrons. The number of phenols is 3. The van der Waals surface area contributed by atoms with E-state index in [9.17, 15) is 15.3 Å². The Morgan fingerprint density at radius 3 is 1.19 bits per heavy atom. The first kappa shape index (κ1) is 21.5. The molecule has 0 bridgehead atoms. The minimum atomic E-state index is -0.536. The molecule has 4 aromatic rings. The second kappa shape index (κ2) is 8.08. The van der Waals surface area contributed by atoms with Crippen LogP contribution in [0.1, 0.15) is 48.6 Å². The number of phenolic OH excluding ortho intramolecular Hbond substituents is 3. The standard InChI is InChI=1S/C29H28O3/c1-28(2,20-8-14-23(30)15-9-20)26-6-4-5-7-27(26)29(3,21-10-16-24(31)17-11-21)22-12-18-25(32)19-13-22/h4-19,30-32H,1-3H3. The number of aromatic hydroxyl groups is 3. The first-order valence-electron chi connectivity index (χ1n) is 10.7. The van der Waals surface area contributed by atoms with E-state index in [2.05, 4.69) is 39.0 Å². The van der Waals surface area contributed by atoms with Gasteiger partial charge in [-0.05, 0) is 71.1 Å². The second-order valence-corrected chi connectivity index (χ2v) is 8.94. The van der Waals surface area contributed by atoms with E-state index in [1.54, 1.807) is 36.4 Å². The van der Waals surface area contributed by atoms with Crippen molar-refractivity contribution in [3.05, 3.63) is 125 Å². The van der Waals surface area contributed by atoms with E-state index in [-0.39, 0.29) is 22.7 Å². The van der Waals surface area contributed by atoms with Gasteiger partial charge in [-0.3, -0.25) is 0 Å². The van der Waals surface area contributed by atoms with E-state index in [0.717, 1.165) is 27.8 Å². The van der Waals surface area contributed by atoms with Crippen LogP contribution in [-0.2, 0) is 10.8 Å². The highest BCUT2D eigenvalue weighted by Gasteiger charge is 2.37. The SMILES string of the molecule is CC(C)(c1ccc(O)cc1)c1ccccc1C(C)(c1ccc(O)cc1)c1ccc(O)cc1. The van der Waals surface area contributed by atoms with Gasteiger partial charge in [0, 0.05) is 10.8 Å². The van der Waals surface area contributed by atoms with Crippen molar-refractivity contribution in [3.63, 3.8) is 0 Å². The fraction of sp³-hybridized carbons (Fsp3) is 0.172. The molecule has 0 aliphatic heterocycles. The molecular formula is C29H28O3. The Morgan fingerprint density at radius 2 is 0.781 bits per heavy atom. The lowest BCUT2D eigenvalue weighted by molar-refractivity contribution is 0.473. The molecule has 0 aliphatic rings. The van der Waals surface area contributed by atoms with Gasteiger partial charge < -0.3 is 15.3 Å². The Bertz CT molecular complexity index is 1160. The predicted octanol–water partition coefficient (Wildman–Crippen LogP) is 6.48. The lowest BCUT2D eigenvalue weighted by atomic mass is 9.65. The predicted molar refractivity (Wildman–Crippen MR) is 128 cm³/mol. The molecule has 0 radical (unpaired) electrons. The Kier molecular flexibility index (Phi) is 5.43. The Balaban J connectivity index is 1.98. The van der Waals surface area contributed by atoms with Crippen LogP contribution >= 0.6 is 0 Å². The summed E-state index contributed by atoms with van der Waals surface area (Å²) < 4.78 is 0. The molecule has 32 heavy (non-hydrogen) atoms. The molecule has 0 heterocycles. The minimum absolute atomic E-state index is 0.222. The maximum atomic E-state index is 9.90. The number of hydrogen-bond donors (Lipinski definition) is 3. The van der Waals surface area contributed by atoms with Crippen LogP contribution in [-0.4, -0.2) is 15.3 Å². The van der Waals surface area contributed by atoms with Crippen LogP contribution in [0.15, 0.2) is 97.1 Å². The molecule has 0 spiro atoms. The van der Waals surface area contributed by atoms with Crippen LogP contribution in [0.4, 0.5) is 0 Å². The van der Waals surface area contributed by atoms with Crippen molar-refractivity contribution in [1.29, 1.82) is 0 Å². The summed E-state index contributed by atoms with van der Waals surface area (Å²) in [5, 5.41) is 29.6. The van der Waals surface area contributed by atoms with Gasteiger partial charge in [-0.2, -0.15) is 0 Å². The molecule has 4 aromatic carbocycles. The van der Waals surface area contributed by atoms with Gasteiger partial charge in [0.2, 0.25) is 0 Å². The topological polar surface area (TPSA) is 60.7 Å². The molecule has 3 N–H and O–H groups in total. The summed E-state index contributed by atoms with van der Waals surface area (Å²) in [5.74, 6) is 0.690. The monoisotopic (exact) mass is 424 g/mol. The van der Waals surface area contributed by atoms with Gasteiger partial charge in [-0.25, -0.2) is 0 Å². The first-order valence-corrected chi connectivity index (χ1v) is 10.7. The van der Waals surface area contributed by atoms with E-state index in [0.29, 0.717) is 0 Å². The lowest BCUT2D eigenvalue weighted by Crippen LogP contribution is -2.31. The first-order chi connectivity index (χ1) is 15.2. The van der Waals surface area contributed by atoms with Gasteiger partial charge >= 0.3 is 0 Å². The van der Waals surface area contributed by atoms with Crippen LogP contribution in [0.3, 0.4) is 0 Å². The number of rotatable bonds is 5. The minimum Gasteiger partial charge on any atom is -0.508 e. The normalized spacial score (nSPS) is 12.0. The zero-order valence-electron chi connectivity index (χ0n) is 18.6. The van der Waals surface area contributed by atoms with Crippen molar-refractivity contribution in [2.45, 2.75) is 31.6 Å². The van der Waals surface area contributed by atoms with Crippen LogP contribution in [0.5, 0.6) is 17.2 Å². The third-order valence-corrected chi connectivity index (χ3v) is 6.62. The fourth-order valence-corrected chi connectivity index (χ4v) is 4.56. The summed E-state index contributed by atoms with van der Waals surface area (Å²) >= 11 is 0. The fourth-order valence-electron chi connectivity index (χ4n) is 4.56. The van der Waals surface area contributed by atoms with Crippen LogP contribution < -0.4 is 0 Å². The Labute approximate surface area is 189 Å². The molecule has 0 aliphatic carbocycles. The molecular weight excluding hydrogens is 396 g/mol. The molecule has 4 rings (SSSR count). The molecule has 0 saturated carbocycles.